The quantitative estimate of drug-likeness (QED) is 0.526. The van der Waals surface area contributed by atoms with Gasteiger partial charge in [-0.3, -0.25) is 0 Å². The van der Waals surface area contributed by atoms with Crippen LogP contribution in [-0.2, 0) is 0 Å². The molecule has 0 bridgehead atoms. The van der Waals surface area contributed by atoms with E-state index in [0.717, 1.165) is 11.1 Å². The third kappa shape index (κ3) is 1.01. The van der Waals surface area contributed by atoms with Gasteiger partial charge in [0.15, 0.2) is 0 Å². The van der Waals surface area contributed by atoms with Gasteiger partial charge in [-0.05, 0) is 25.0 Å². The second-order valence-corrected chi connectivity index (χ2v) is 2.27. The Morgan fingerprint density at radius 2 is 2.20 bits per heavy atom. The normalized spacial score (nSPS) is 8.90. The number of nitrogens with zero attached hydrogens (tertiary/aromatic N) is 1. The first kappa shape index (κ1) is 6.82. The summed E-state index contributed by atoms with van der Waals surface area (Å²) in [4.78, 5) is 0. The third-order valence-electron chi connectivity index (χ3n) is 1.64. The Morgan fingerprint density at radius 1 is 1.50 bits per heavy atom. The second-order valence-electron chi connectivity index (χ2n) is 2.27. The van der Waals surface area contributed by atoms with Crippen LogP contribution in [0.4, 0.5) is 0 Å². The van der Waals surface area contributed by atoms with Gasteiger partial charge in [0.2, 0.25) is 0 Å². The van der Waals surface area contributed by atoms with Crippen molar-refractivity contribution >= 4 is 0 Å². The molecule has 1 rings (SSSR count). The van der Waals surface area contributed by atoms with E-state index in [0.29, 0.717) is 5.56 Å². The standard InChI is InChI=1S/C9H8N/c1-7-4-3-5-9(6-10)8(7)2/h3-4H,1-2H3. The Labute approximate surface area is 60.9 Å². The fourth-order valence-electron chi connectivity index (χ4n) is 0.797. The lowest BCUT2D eigenvalue weighted by Gasteiger charge is -1.98. The van der Waals surface area contributed by atoms with Crippen LogP contribution < -0.4 is 0 Å². The molecule has 1 nitrogen and oxygen atoms in total. The smallest absolute Gasteiger partial charge is 0.100 e. The zero-order valence-electron chi connectivity index (χ0n) is 6.10. The minimum absolute atomic E-state index is 0.653. The first-order valence-electron chi connectivity index (χ1n) is 3.13. The van der Waals surface area contributed by atoms with Crippen LogP contribution in [0.15, 0.2) is 12.1 Å². The highest BCUT2D eigenvalue weighted by molar-refractivity contribution is 5.40. The highest BCUT2D eigenvalue weighted by Crippen LogP contribution is 2.09. The van der Waals surface area contributed by atoms with E-state index in [1.165, 1.54) is 0 Å². The van der Waals surface area contributed by atoms with E-state index in [4.69, 9.17) is 5.26 Å². The third-order valence-corrected chi connectivity index (χ3v) is 1.64. The van der Waals surface area contributed by atoms with Crippen molar-refractivity contribution in [3.8, 4) is 6.07 Å². The summed E-state index contributed by atoms with van der Waals surface area (Å²) in [6.07, 6.45) is 0. The van der Waals surface area contributed by atoms with Crippen LogP contribution >= 0.6 is 0 Å². The summed E-state index contributed by atoms with van der Waals surface area (Å²) in [6.45, 7) is 3.92. The zero-order valence-corrected chi connectivity index (χ0v) is 6.10. The zero-order chi connectivity index (χ0) is 7.56. The fraction of sp³-hybridized carbons (Fsp3) is 0.222. The lowest BCUT2D eigenvalue weighted by molar-refractivity contribution is 1.30. The molecular weight excluding hydrogens is 122 g/mol. The summed E-state index contributed by atoms with van der Waals surface area (Å²) in [6, 6.07) is 8.68. The highest BCUT2D eigenvalue weighted by atomic mass is 14.2. The molecular formula is C9H8N. The second kappa shape index (κ2) is 2.53. The molecule has 1 aromatic carbocycles. The first-order chi connectivity index (χ1) is 4.75. The van der Waals surface area contributed by atoms with Crippen molar-refractivity contribution in [3.05, 3.63) is 34.9 Å². The molecule has 0 heterocycles. The van der Waals surface area contributed by atoms with Gasteiger partial charge in [0.05, 0.1) is 5.56 Å². The largest absolute Gasteiger partial charge is 0.192 e. The highest BCUT2D eigenvalue weighted by Gasteiger charge is 1.97. The van der Waals surface area contributed by atoms with Crippen molar-refractivity contribution in [2.24, 2.45) is 0 Å². The lowest BCUT2D eigenvalue weighted by Crippen LogP contribution is -1.85. The van der Waals surface area contributed by atoms with Crippen molar-refractivity contribution in [2.45, 2.75) is 13.8 Å². The lowest BCUT2D eigenvalue weighted by atomic mass is 10.1. The average molecular weight is 130 g/mol. The van der Waals surface area contributed by atoms with Gasteiger partial charge in [-0.1, -0.05) is 12.1 Å². The predicted molar refractivity (Wildman–Crippen MR) is 39.5 cm³/mol. The van der Waals surface area contributed by atoms with Crippen LogP contribution in [0.25, 0.3) is 0 Å². The summed E-state index contributed by atoms with van der Waals surface area (Å²) in [7, 11) is 0. The number of benzene rings is 1. The van der Waals surface area contributed by atoms with Gasteiger partial charge < -0.3 is 0 Å². The maximum atomic E-state index is 8.56. The van der Waals surface area contributed by atoms with Crippen LogP contribution in [0, 0.1) is 31.2 Å². The molecule has 0 N–H and O–H groups in total. The summed E-state index contributed by atoms with van der Waals surface area (Å²) in [5.74, 6) is 0. The molecule has 49 valence electrons. The molecule has 0 aromatic heterocycles. The van der Waals surface area contributed by atoms with Crippen LogP contribution in [0.2, 0.25) is 0 Å². The van der Waals surface area contributed by atoms with E-state index in [-0.39, 0.29) is 0 Å². The van der Waals surface area contributed by atoms with Gasteiger partial charge in [0, 0.05) is 6.07 Å². The Morgan fingerprint density at radius 3 is 2.70 bits per heavy atom. The molecule has 1 aromatic rings. The maximum Gasteiger partial charge on any atom is 0.100 e. The van der Waals surface area contributed by atoms with E-state index in [1.54, 1.807) is 6.07 Å². The molecule has 0 amide bonds. The average Bonchev–Trinajstić information content (AvgIpc) is 1.95. The van der Waals surface area contributed by atoms with E-state index < -0.39 is 0 Å². The monoisotopic (exact) mass is 130 g/mol. The number of aryl methyl sites for hydroxylation is 1. The number of hydrogen-bond acceptors (Lipinski definition) is 1. The van der Waals surface area contributed by atoms with Crippen LogP contribution in [0.1, 0.15) is 16.7 Å². The van der Waals surface area contributed by atoms with E-state index in [2.05, 4.69) is 12.1 Å². The van der Waals surface area contributed by atoms with Crippen LogP contribution in [-0.4, -0.2) is 0 Å². The minimum Gasteiger partial charge on any atom is -0.192 e. The molecule has 0 aliphatic heterocycles. The van der Waals surface area contributed by atoms with E-state index >= 15 is 0 Å². The molecule has 1 heteroatoms. The van der Waals surface area contributed by atoms with Gasteiger partial charge in [-0.25, -0.2) is 0 Å². The summed E-state index contributed by atoms with van der Waals surface area (Å²) < 4.78 is 0. The molecule has 0 unspecified atom stereocenters. The van der Waals surface area contributed by atoms with Gasteiger partial charge >= 0.3 is 0 Å². The van der Waals surface area contributed by atoms with Crippen molar-refractivity contribution in [2.75, 3.05) is 0 Å². The summed E-state index contributed by atoms with van der Waals surface area (Å²) in [5, 5.41) is 8.56. The molecule has 0 atom stereocenters. The van der Waals surface area contributed by atoms with Gasteiger partial charge in [-0.2, -0.15) is 5.26 Å². The van der Waals surface area contributed by atoms with Crippen molar-refractivity contribution < 1.29 is 0 Å². The Balaban J connectivity index is 3.31. The van der Waals surface area contributed by atoms with Crippen molar-refractivity contribution in [1.82, 2.24) is 0 Å². The topological polar surface area (TPSA) is 23.8 Å². The fourth-order valence-corrected chi connectivity index (χ4v) is 0.797. The molecule has 10 heavy (non-hydrogen) atoms. The maximum absolute atomic E-state index is 8.56. The van der Waals surface area contributed by atoms with Gasteiger partial charge in [0.25, 0.3) is 0 Å². The summed E-state index contributed by atoms with van der Waals surface area (Å²) in [5.41, 5.74) is 2.83. The van der Waals surface area contributed by atoms with Crippen molar-refractivity contribution in [1.29, 1.82) is 5.26 Å². The minimum atomic E-state index is 0.653. The first-order valence-corrected chi connectivity index (χ1v) is 3.13. The Hall–Kier alpha value is -1.29. The van der Waals surface area contributed by atoms with Gasteiger partial charge in [0.1, 0.15) is 6.07 Å². The van der Waals surface area contributed by atoms with E-state index in [1.807, 2.05) is 19.9 Å². The molecule has 0 saturated heterocycles. The van der Waals surface area contributed by atoms with Crippen LogP contribution in [0.5, 0.6) is 0 Å². The Kier molecular flexibility index (Phi) is 1.73. The SMILES string of the molecule is Cc1cc[c]c(C#N)c1C. The molecule has 0 spiro atoms. The Bertz CT molecular complexity index is 281. The molecule has 1 radical (unpaired) electrons. The van der Waals surface area contributed by atoms with Crippen LogP contribution in [0.3, 0.4) is 0 Å². The van der Waals surface area contributed by atoms with Crippen molar-refractivity contribution in [3.63, 3.8) is 0 Å². The summed E-state index contributed by atoms with van der Waals surface area (Å²) >= 11 is 0. The number of rotatable bonds is 0. The molecule has 0 aliphatic carbocycles. The van der Waals surface area contributed by atoms with E-state index in [9.17, 15) is 0 Å². The number of nitriles is 1. The molecule has 0 aliphatic rings. The predicted octanol–water partition coefficient (Wildman–Crippen LogP) is 1.98. The van der Waals surface area contributed by atoms with Gasteiger partial charge in [-0.15, -0.1) is 0 Å². The molecule has 0 fully saturated rings. The molecule has 0 saturated carbocycles. The number of hydrogen-bond donors (Lipinski definition) is 0.